The lowest BCUT2D eigenvalue weighted by molar-refractivity contribution is 0.296. The van der Waals surface area contributed by atoms with Crippen molar-refractivity contribution in [2.75, 3.05) is 6.61 Å². The zero-order valence-corrected chi connectivity index (χ0v) is 12.4. The summed E-state index contributed by atoms with van der Waals surface area (Å²) >= 11 is 0. The smallest absolute Gasteiger partial charge is 0.126 e. The Morgan fingerprint density at radius 3 is 2.71 bits per heavy atom. The minimum atomic E-state index is 0.658. The van der Waals surface area contributed by atoms with Gasteiger partial charge in [0.05, 0.1) is 12.3 Å². The van der Waals surface area contributed by atoms with Crippen LogP contribution in [0.3, 0.4) is 0 Å². The van der Waals surface area contributed by atoms with E-state index in [9.17, 15) is 0 Å². The maximum absolute atomic E-state index is 6.08. The van der Waals surface area contributed by atoms with Crippen LogP contribution < -0.4 is 4.74 Å². The summed E-state index contributed by atoms with van der Waals surface area (Å²) in [5, 5.41) is 7.41. The lowest BCUT2D eigenvalue weighted by Gasteiger charge is -2.11. The second-order valence-corrected chi connectivity index (χ2v) is 6.27. The Labute approximate surface area is 124 Å². The third-order valence-corrected chi connectivity index (χ3v) is 4.36. The predicted molar refractivity (Wildman–Crippen MR) is 81.4 cm³/mol. The molecule has 4 nitrogen and oxygen atoms in total. The molecule has 2 aliphatic carbocycles. The molecule has 0 atom stereocenters. The van der Waals surface area contributed by atoms with Gasteiger partial charge in [0.15, 0.2) is 0 Å². The predicted octanol–water partition coefficient (Wildman–Crippen LogP) is 3.70. The number of aromatic nitrogens is 3. The van der Waals surface area contributed by atoms with Crippen LogP contribution >= 0.6 is 0 Å². The summed E-state index contributed by atoms with van der Waals surface area (Å²) < 4.78 is 6.08. The molecule has 110 valence electrons. The lowest BCUT2D eigenvalue weighted by Crippen LogP contribution is -2.02. The zero-order valence-electron chi connectivity index (χ0n) is 12.4. The number of nitrogens with one attached hydrogen (secondary N) is 1. The van der Waals surface area contributed by atoms with Gasteiger partial charge in [-0.2, -0.15) is 5.10 Å². The SMILES string of the molecule is CCc1cc(-c2cc(OCC3CC3)c(C3CC3)cn2)n[nH]1. The fourth-order valence-electron chi connectivity index (χ4n) is 2.58. The molecule has 0 bridgehead atoms. The van der Waals surface area contributed by atoms with Crippen molar-refractivity contribution in [1.82, 2.24) is 15.2 Å². The molecule has 2 fully saturated rings. The molecule has 2 heterocycles. The first-order valence-electron chi connectivity index (χ1n) is 8.01. The summed E-state index contributed by atoms with van der Waals surface area (Å²) in [6.45, 7) is 2.97. The van der Waals surface area contributed by atoms with Crippen LogP contribution in [0.1, 0.15) is 49.8 Å². The van der Waals surface area contributed by atoms with E-state index in [2.05, 4.69) is 34.2 Å². The molecule has 0 amide bonds. The van der Waals surface area contributed by atoms with E-state index in [0.717, 1.165) is 41.8 Å². The fraction of sp³-hybridized carbons (Fsp3) is 0.529. The lowest BCUT2D eigenvalue weighted by atomic mass is 10.1. The van der Waals surface area contributed by atoms with Gasteiger partial charge in [0, 0.05) is 23.5 Å². The van der Waals surface area contributed by atoms with Gasteiger partial charge in [0.2, 0.25) is 0 Å². The molecule has 0 radical (unpaired) electrons. The van der Waals surface area contributed by atoms with Gasteiger partial charge >= 0.3 is 0 Å². The van der Waals surface area contributed by atoms with Crippen molar-refractivity contribution >= 4 is 0 Å². The van der Waals surface area contributed by atoms with Crippen LogP contribution in [-0.2, 0) is 6.42 Å². The molecule has 1 N–H and O–H groups in total. The molecule has 0 saturated heterocycles. The average molecular weight is 283 g/mol. The maximum atomic E-state index is 6.08. The van der Waals surface area contributed by atoms with Gasteiger partial charge < -0.3 is 4.74 Å². The minimum absolute atomic E-state index is 0.658. The summed E-state index contributed by atoms with van der Waals surface area (Å²) in [7, 11) is 0. The molecule has 0 unspecified atom stereocenters. The molecule has 4 heteroatoms. The second-order valence-electron chi connectivity index (χ2n) is 6.27. The largest absolute Gasteiger partial charge is 0.493 e. The van der Waals surface area contributed by atoms with Gasteiger partial charge in [-0.05, 0) is 50.0 Å². The molecular weight excluding hydrogens is 262 g/mol. The van der Waals surface area contributed by atoms with E-state index in [1.807, 2.05) is 6.20 Å². The maximum Gasteiger partial charge on any atom is 0.126 e. The highest BCUT2D eigenvalue weighted by Crippen LogP contribution is 2.45. The van der Waals surface area contributed by atoms with Gasteiger partial charge in [-0.1, -0.05) is 6.92 Å². The van der Waals surface area contributed by atoms with Gasteiger partial charge in [-0.3, -0.25) is 10.1 Å². The number of hydrogen-bond acceptors (Lipinski definition) is 3. The van der Waals surface area contributed by atoms with Crippen LogP contribution in [0.4, 0.5) is 0 Å². The summed E-state index contributed by atoms with van der Waals surface area (Å²) in [5.74, 6) is 2.45. The Balaban J connectivity index is 1.62. The number of aryl methyl sites for hydroxylation is 1. The van der Waals surface area contributed by atoms with Crippen LogP contribution in [0.2, 0.25) is 0 Å². The molecule has 21 heavy (non-hydrogen) atoms. The normalized spacial score (nSPS) is 18.0. The van der Waals surface area contributed by atoms with Crippen LogP contribution in [0.15, 0.2) is 18.3 Å². The van der Waals surface area contributed by atoms with Crippen molar-refractivity contribution in [1.29, 1.82) is 0 Å². The first-order chi connectivity index (χ1) is 10.3. The van der Waals surface area contributed by atoms with E-state index < -0.39 is 0 Å². The van der Waals surface area contributed by atoms with Crippen LogP contribution in [0.25, 0.3) is 11.4 Å². The molecule has 2 aliphatic rings. The molecule has 2 aromatic rings. The van der Waals surface area contributed by atoms with Crippen LogP contribution in [0.5, 0.6) is 5.75 Å². The number of rotatable bonds is 6. The molecule has 4 rings (SSSR count). The van der Waals surface area contributed by atoms with E-state index in [-0.39, 0.29) is 0 Å². The zero-order chi connectivity index (χ0) is 14.2. The Morgan fingerprint density at radius 2 is 2.05 bits per heavy atom. The monoisotopic (exact) mass is 283 g/mol. The van der Waals surface area contributed by atoms with E-state index in [0.29, 0.717) is 5.92 Å². The topological polar surface area (TPSA) is 50.8 Å². The van der Waals surface area contributed by atoms with E-state index in [1.54, 1.807) is 0 Å². The first-order valence-corrected chi connectivity index (χ1v) is 8.01. The number of pyridine rings is 1. The van der Waals surface area contributed by atoms with Crippen molar-refractivity contribution in [3.05, 3.63) is 29.6 Å². The first kappa shape index (κ1) is 12.9. The molecule has 0 aromatic carbocycles. The van der Waals surface area contributed by atoms with E-state index in [4.69, 9.17) is 4.74 Å². The van der Waals surface area contributed by atoms with Crippen molar-refractivity contribution in [2.24, 2.45) is 5.92 Å². The Morgan fingerprint density at radius 1 is 1.19 bits per heavy atom. The number of hydrogen-bond donors (Lipinski definition) is 1. The van der Waals surface area contributed by atoms with Crippen LogP contribution in [-0.4, -0.2) is 21.8 Å². The highest BCUT2D eigenvalue weighted by molar-refractivity contribution is 5.58. The molecule has 2 saturated carbocycles. The van der Waals surface area contributed by atoms with Crippen molar-refractivity contribution < 1.29 is 4.74 Å². The second kappa shape index (κ2) is 5.17. The van der Waals surface area contributed by atoms with Crippen molar-refractivity contribution in [3.8, 4) is 17.1 Å². The minimum Gasteiger partial charge on any atom is -0.493 e. The Bertz CT molecular complexity index is 641. The number of aromatic amines is 1. The highest BCUT2D eigenvalue weighted by Gasteiger charge is 2.29. The van der Waals surface area contributed by atoms with Gasteiger partial charge in [0.1, 0.15) is 11.4 Å². The molecule has 2 aromatic heterocycles. The fourth-order valence-corrected chi connectivity index (χ4v) is 2.58. The third kappa shape index (κ3) is 2.80. The van der Waals surface area contributed by atoms with Crippen molar-refractivity contribution in [3.63, 3.8) is 0 Å². The van der Waals surface area contributed by atoms with E-state index >= 15 is 0 Å². The Kier molecular flexibility index (Phi) is 3.17. The number of ether oxygens (including phenoxy) is 1. The van der Waals surface area contributed by atoms with Crippen molar-refractivity contribution in [2.45, 2.75) is 44.9 Å². The summed E-state index contributed by atoms with van der Waals surface area (Å²) in [6.07, 6.45) is 8.12. The van der Waals surface area contributed by atoms with Gasteiger partial charge in [0.25, 0.3) is 0 Å². The number of nitrogens with zero attached hydrogens (tertiary/aromatic N) is 2. The van der Waals surface area contributed by atoms with Crippen LogP contribution in [0, 0.1) is 5.92 Å². The third-order valence-electron chi connectivity index (χ3n) is 4.36. The van der Waals surface area contributed by atoms with Gasteiger partial charge in [-0.15, -0.1) is 0 Å². The number of H-pyrrole nitrogens is 1. The summed E-state index contributed by atoms with van der Waals surface area (Å²) in [4.78, 5) is 4.60. The molecule has 0 aliphatic heterocycles. The summed E-state index contributed by atoms with van der Waals surface area (Å²) in [6, 6.07) is 4.15. The Hall–Kier alpha value is -1.84. The standard InChI is InChI=1S/C17H21N3O/c1-2-13-7-16(20-19-13)15-8-17(21-10-11-3-4-11)14(9-18-15)12-5-6-12/h7-9,11-12H,2-6,10H2,1H3,(H,19,20). The molecule has 0 spiro atoms. The quantitative estimate of drug-likeness (QED) is 0.879. The average Bonchev–Trinajstić information content (AvgIpc) is 3.43. The van der Waals surface area contributed by atoms with E-state index in [1.165, 1.54) is 31.2 Å². The molecular formula is C17H21N3O. The summed E-state index contributed by atoms with van der Waals surface area (Å²) in [5.41, 5.74) is 4.23. The highest BCUT2D eigenvalue weighted by atomic mass is 16.5. The van der Waals surface area contributed by atoms with Gasteiger partial charge in [-0.25, -0.2) is 0 Å².